The molecule has 0 bridgehead atoms. The molecule has 2 aromatic heterocycles. The number of hydrogen-bond acceptors (Lipinski definition) is 6. The average Bonchev–Trinajstić information content (AvgIpc) is 3.06. The summed E-state index contributed by atoms with van der Waals surface area (Å²) in [6, 6.07) is 11.6. The maximum absolute atomic E-state index is 12.9. The zero-order valence-corrected chi connectivity index (χ0v) is 13.9. The quantitative estimate of drug-likeness (QED) is 0.714. The minimum absolute atomic E-state index is 0.250. The van der Waals surface area contributed by atoms with Crippen molar-refractivity contribution in [2.24, 2.45) is 5.73 Å². The number of aromatic nitrogens is 2. The predicted molar refractivity (Wildman–Crippen MR) is 93.2 cm³/mol. The molecule has 124 valence electrons. The van der Waals surface area contributed by atoms with E-state index in [0.717, 1.165) is 11.3 Å². The van der Waals surface area contributed by atoms with Crippen LogP contribution in [0.25, 0.3) is 0 Å². The van der Waals surface area contributed by atoms with Crippen molar-refractivity contribution >= 4 is 22.3 Å². The first kappa shape index (κ1) is 16.4. The van der Waals surface area contributed by atoms with Gasteiger partial charge in [0.15, 0.2) is 5.13 Å². The lowest BCUT2D eigenvalue weighted by Gasteiger charge is -2.09. The van der Waals surface area contributed by atoms with E-state index in [0.29, 0.717) is 23.3 Å². The van der Waals surface area contributed by atoms with Crippen molar-refractivity contribution in [1.29, 1.82) is 0 Å². The SMILES string of the molecule is COc1cccc(Nc2nc(C(N)Cc3ccc(F)cc3)cs2)n1. The number of hydrogen-bond donors (Lipinski definition) is 2. The fourth-order valence-electron chi connectivity index (χ4n) is 2.20. The zero-order chi connectivity index (χ0) is 16.9. The Morgan fingerprint density at radius 2 is 2.00 bits per heavy atom. The van der Waals surface area contributed by atoms with Crippen LogP contribution in [0.4, 0.5) is 15.3 Å². The van der Waals surface area contributed by atoms with Crippen LogP contribution < -0.4 is 15.8 Å². The van der Waals surface area contributed by atoms with E-state index in [-0.39, 0.29) is 11.9 Å². The fraction of sp³-hybridized carbons (Fsp3) is 0.176. The normalized spacial score (nSPS) is 12.0. The lowest BCUT2D eigenvalue weighted by atomic mass is 10.0. The van der Waals surface area contributed by atoms with Crippen LogP contribution in [-0.2, 0) is 6.42 Å². The summed E-state index contributed by atoms with van der Waals surface area (Å²) in [5.41, 5.74) is 7.96. The molecule has 0 amide bonds. The number of nitrogens with zero attached hydrogens (tertiary/aromatic N) is 2. The molecule has 0 saturated carbocycles. The van der Waals surface area contributed by atoms with Crippen molar-refractivity contribution in [3.63, 3.8) is 0 Å². The number of methoxy groups -OCH3 is 1. The van der Waals surface area contributed by atoms with E-state index >= 15 is 0 Å². The molecule has 0 aliphatic rings. The molecule has 2 heterocycles. The second-order valence-electron chi connectivity index (χ2n) is 5.20. The highest BCUT2D eigenvalue weighted by Crippen LogP contribution is 2.25. The fourth-order valence-corrected chi connectivity index (χ4v) is 2.98. The molecule has 7 heteroatoms. The van der Waals surface area contributed by atoms with Crippen molar-refractivity contribution in [2.45, 2.75) is 12.5 Å². The largest absolute Gasteiger partial charge is 0.481 e. The summed E-state index contributed by atoms with van der Waals surface area (Å²) in [7, 11) is 1.57. The predicted octanol–water partition coefficient (Wildman–Crippen LogP) is 3.67. The number of rotatable bonds is 6. The molecule has 1 aromatic carbocycles. The highest BCUT2D eigenvalue weighted by atomic mass is 32.1. The second-order valence-corrected chi connectivity index (χ2v) is 6.06. The van der Waals surface area contributed by atoms with Crippen LogP contribution in [0.1, 0.15) is 17.3 Å². The summed E-state index contributed by atoms with van der Waals surface area (Å²) in [5.74, 6) is 0.936. The highest BCUT2D eigenvalue weighted by Gasteiger charge is 2.12. The van der Waals surface area contributed by atoms with Crippen molar-refractivity contribution < 1.29 is 9.13 Å². The van der Waals surface area contributed by atoms with E-state index in [1.165, 1.54) is 23.5 Å². The summed E-state index contributed by atoms with van der Waals surface area (Å²) in [4.78, 5) is 8.79. The van der Waals surface area contributed by atoms with Gasteiger partial charge in [-0.2, -0.15) is 4.98 Å². The van der Waals surface area contributed by atoms with Gasteiger partial charge in [0.05, 0.1) is 18.8 Å². The van der Waals surface area contributed by atoms with Gasteiger partial charge in [-0.15, -0.1) is 11.3 Å². The number of nitrogens with two attached hydrogens (primary N) is 1. The van der Waals surface area contributed by atoms with Gasteiger partial charge in [0.1, 0.15) is 11.6 Å². The summed E-state index contributed by atoms with van der Waals surface area (Å²) in [5, 5.41) is 5.76. The summed E-state index contributed by atoms with van der Waals surface area (Å²) in [6.07, 6.45) is 0.598. The van der Waals surface area contributed by atoms with Gasteiger partial charge in [-0.05, 0) is 30.2 Å². The first-order chi connectivity index (χ1) is 11.6. The minimum Gasteiger partial charge on any atom is -0.481 e. The molecule has 3 aromatic rings. The topological polar surface area (TPSA) is 73.1 Å². The molecule has 0 fully saturated rings. The van der Waals surface area contributed by atoms with Gasteiger partial charge in [-0.3, -0.25) is 0 Å². The Morgan fingerprint density at radius 3 is 2.75 bits per heavy atom. The Morgan fingerprint density at radius 1 is 1.21 bits per heavy atom. The molecule has 5 nitrogen and oxygen atoms in total. The van der Waals surface area contributed by atoms with Crippen LogP contribution in [0.15, 0.2) is 47.8 Å². The van der Waals surface area contributed by atoms with E-state index in [4.69, 9.17) is 10.5 Å². The number of nitrogens with one attached hydrogen (secondary N) is 1. The smallest absolute Gasteiger partial charge is 0.214 e. The molecule has 0 saturated heterocycles. The number of benzene rings is 1. The van der Waals surface area contributed by atoms with Crippen LogP contribution in [0.3, 0.4) is 0 Å². The summed E-state index contributed by atoms with van der Waals surface area (Å²) >= 11 is 1.46. The highest BCUT2D eigenvalue weighted by molar-refractivity contribution is 7.13. The molecule has 24 heavy (non-hydrogen) atoms. The minimum atomic E-state index is -0.252. The Balaban J connectivity index is 1.66. The van der Waals surface area contributed by atoms with Crippen LogP contribution >= 0.6 is 11.3 Å². The molecule has 1 unspecified atom stereocenters. The second kappa shape index (κ2) is 7.37. The zero-order valence-electron chi connectivity index (χ0n) is 13.1. The molecule has 0 spiro atoms. The first-order valence-corrected chi connectivity index (χ1v) is 8.25. The van der Waals surface area contributed by atoms with Gasteiger partial charge in [-0.25, -0.2) is 9.37 Å². The lowest BCUT2D eigenvalue weighted by molar-refractivity contribution is 0.398. The Hall–Kier alpha value is -2.51. The van der Waals surface area contributed by atoms with Gasteiger partial charge in [0, 0.05) is 11.4 Å². The van der Waals surface area contributed by atoms with Gasteiger partial charge in [0.2, 0.25) is 5.88 Å². The van der Waals surface area contributed by atoms with Crippen LogP contribution in [0, 0.1) is 5.82 Å². The Kier molecular flexibility index (Phi) is 5.02. The van der Waals surface area contributed by atoms with Crippen molar-refractivity contribution in [1.82, 2.24) is 9.97 Å². The van der Waals surface area contributed by atoms with Crippen LogP contribution in [-0.4, -0.2) is 17.1 Å². The number of ether oxygens (including phenoxy) is 1. The lowest BCUT2D eigenvalue weighted by Crippen LogP contribution is -2.13. The van der Waals surface area contributed by atoms with E-state index in [1.54, 1.807) is 25.3 Å². The van der Waals surface area contributed by atoms with Crippen LogP contribution in [0.5, 0.6) is 5.88 Å². The Labute approximate surface area is 143 Å². The van der Waals surface area contributed by atoms with Gasteiger partial charge >= 0.3 is 0 Å². The van der Waals surface area contributed by atoms with E-state index in [2.05, 4.69) is 15.3 Å². The molecule has 0 aliphatic heterocycles. The number of thiazole rings is 1. The Bertz CT molecular complexity index is 806. The maximum atomic E-state index is 12.9. The first-order valence-electron chi connectivity index (χ1n) is 7.37. The maximum Gasteiger partial charge on any atom is 0.214 e. The molecule has 0 aliphatic carbocycles. The molecular weight excluding hydrogens is 327 g/mol. The van der Waals surface area contributed by atoms with Gasteiger partial charge in [0.25, 0.3) is 0 Å². The third kappa shape index (κ3) is 4.06. The van der Waals surface area contributed by atoms with Gasteiger partial charge in [-0.1, -0.05) is 18.2 Å². The number of halogens is 1. The summed E-state index contributed by atoms with van der Waals surface area (Å²) < 4.78 is 18.0. The van der Waals surface area contributed by atoms with Crippen molar-refractivity contribution in [2.75, 3.05) is 12.4 Å². The third-order valence-corrected chi connectivity index (χ3v) is 4.21. The average molecular weight is 344 g/mol. The van der Waals surface area contributed by atoms with Crippen molar-refractivity contribution in [3.8, 4) is 5.88 Å². The summed E-state index contributed by atoms with van der Waals surface area (Å²) in [6.45, 7) is 0. The van der Waals surface area contributed by atoms with Crippen LogP contribution in [0.2, 0.25) is 0 Å². The molecule has 0 radical (unpaired) electrons. The number of pyridine rings is 1. The van der Waals surface area contributed by atoms with Gasteiger partial charge < -0.3 is 15.8 Å². The van der Waals surface area contributed by atoms with E-state index in [1.807, 2.05) is 17.5 Å². The number of anilines is 2. The molecule has 3 N–H and O–H groups in total. The standard InChI is InChI=1S/C17H17FN4OS/c1-23-16-4-2-3-15(21-16)22-17-20-14(10-24-17)13(19)9-11-5-7-12(18)8-6-11/h2-8,10,13H,9,19H2,1H3,(H,20,21,22). The van der Waals surface area contributed by atoms with E-state index in [9.17, 15) is 4.39 Å². The van der Waals surface area contributed by atoms with E-state index < -0.39 is 0 Å². The molecule has 1 atom stereocenters. The van der Waals surface area contributed by atoms with Crippen molar-refractivity contribution in [3.05, 3.63) is 64.9 Å². The monoisotopic (exact) mass is 344 g/mol. The molecular formula is C17H17FN4OS. The third-order valence-electron chi connectivity index (χ3n) is 3.44. The molecule has 3 rings (SSSR count).